The Labute approximate surface area is 135 Å². The van der Waals surface area contributed by atoms with Crippen molar-refractivity contribution in [1.29, 1.82) is 0 Å². The van der Waals surface area contributed by atoms with Gasteiger partial charge in [-0.3, -0.25) is 0 Å². The molecule has 0 saturated carbocycles. The normalized spacial score (nSPS) is 31.3. The number of thiophene rings is 1. The molecule has 3 nitrogen and oxygen atoms in total. The number of aliphatic hydroxyl groups excluding tert-OH is 1. The van der Waals surface area contributed by atoms with Gasteiger partial charge < -0.3 is 14.7 Å². The number of hydrogen-bond acceptors (Lipinski definition) is 4. The number of ether oxygens (including phenoxy) is 1. The summed E-state index contributed by atoms with van der Waals surface area (Å²) in [5.74, 6) is 0. The topological polar surface area (TPSA) is 32.7 Å². The predicted octanol–water partition coefficient (Wildman–Crippen LogP) is 3.42. The van der Waals surface area contributed by atoms with Gasteiger partial charge in [0.1, 0.15) is 5.60 Å². The van der Waals surface area contributed by atoms with Gasteiger partial charge in [0.05, 0.1) is 17.0 Å². The van der Waals surface area contributed by atoms with Gasteiger partial charge in [0.25, 0.3) is 0 Å². The summed E-state index contributed by atoms with van der Waals surface area (Å²) in [5, 5.41) is 9.48. The minimum absolute atomic E-state index is 0.119. The third-order valence-electron chi connectivity index (χ3n) is 4.83. The molecule has 0 aromatic carbocycles. The molecular weight excluding hydrogens is 306 g/mol. The van der Waals surface area contributed by atoms with Crippen molar-refractivity contribution >= 4 is 22.9 Å². The number of likely N-dealkylation sites (tertiary alicyclic amines) is 1. The van der Waals surface area contributed by atoms with Crippen molar-refractivity contribution in [2.45, 2.75) is 57.3 Å². The van der Waals surface area contributed by atoms with Crippen molar-refractivity contribution in [3.8, 4) is 0 Å². The van der Waals surface area contributed by atoms with Crippen LogP contribution in [0.1, 0.15) is 43.6 Å². The second-order valence-corrected chi connectivity index (χ2v) is 8.16. The van der Waals surface area contributed by atoms with Crippen LogP contribution in [0.3, 0.4) is 0 Å². The lowest BCUT2D eigenvalue weighted by Crippen LogP contribution is -2.50. The highest BCUT2D eigenvalue weighted by Crippen LogP contribution is 2.47. The zero-order chi connectivity index (χ0) is 15.0. The lowest BCUT2D eigenvalue weighted by Gasteiger charge is -2.47. The molecule has 3 heterocycles. The van der Waals surface area contributed by atoms with Gasteiger partial charge in [-0.05, 0) is 51.2 Å². The van der Waals surface area contributed by atoms with Gasteiger partial charge >= 0.3 is 0 Å². The molecule has 3 rings (SSSR count). The number of nitrogens with zero attached hydrogens (tertiary/aromatic N) is 1. The van der Waals surface area contributed by atoms with Gasteiger partial charge in [0.15, 0.2) is 0 Å². The quantitative estimate of drug-likeness (QED) is 0.922. The second-order valence-electron chi connectivity index (χ2n) is 6.47. The first-order valence-electron chi connectivity index (χ1n) is 7.85. The van der Waals surface area contributed by atoms with Crippen LogP contribution in [0.4, 0.5) is 0 Å². The molecule has 1 fully saturated rings. The summed E-state index contributed by atoms with van der Waals surface area (Å²) in [5.41, 5.74) is 1.27. The van der Waals surface area contributed by atoms with Crippen LogP contribution in [0.15, 0.2) is 6.07 Å². The molecule has 1 unspecified atom stereocenters. The molecule has 0 aliphatic carbocycles. The Morgan fingerprint density at radius 3 is 3.14 bits per heavy atom. The lowest BCUT2D eigenvalue weighted by molar-refractivity contribution is -0.109. The molecule has 0 bridgehead atoms. The molecule has 1 aromatic heterocycles. The van der Waals surface area contributed by atoms with E-state index in [9.17, 15) is 5.11 Å². The molecule has 21 heavy (non-hydrogen) atoms. The molecule has 118 valence electrons. The third-order valence-corrected chi connectivity index (χ3v) is 6.32. The maximum absolute atomic E-state index is 9.48. The maximum atomic E-state index is 9.48. The fourth-order valence-corrected chi connectivity index (χ4v) is 5.15. The standard InChI is InChI=1S/C16H24ClNO2S/c1-11-10-16(5-7-18(11)6-3-12(2)19)15-13(4-8-20-16)9-14(17)21-15/h9,11-12,19H,3-8,10H2,1-2H3/t11-,12?,16+/m0/s1. The molecule has 2 aliphatic rings. The summed E-state index contributed by atoms with van der Waals surface area (Å²) in [7, 11) is 0. The molecular formula is C16H24ClNO2S. The van der Waals surface area contributed by atoms with Crippen LogP contribution in [0.5, 0.6) is 0 Å². The molecule has 5 heteroatoms. The van der Waals surface area contributed by atoms with E-state index in [1.165, 1.54) is 10.4 Å². The lowest BCUT2D eigenvalue weighted by atomic mass is 9.82. The Kier molecular flexibility index (Phi) is 4.63. The highest BCUT2D eigenvalue weighted by molar-refractivity contribution is 7.16. The van der Waals surface area contributed by atoms with Crippen molar-refractivity contribution < 1.29 is 9.84 Å². The second kappa shape index (κ2) is 6.17. The largest absolute Gasteiger partial charge is 0.393 e. The molecule has 1 spiro atoms. The third kappa shape index (κ3) is 3.15. The van der Waals surface area contributed by atoms with Crippen LogP contribution in [-0.2, 0) is 16.8 Å². The summed E-state index contributed by atoms with van der Waals surface area (Å²) in [6.07, 6.45) is 3.66. The Morgan fingerprint density at radius 1 is 1.62 bits per heavy atom. The number of halogens is 1. The molecule has 1 N–H and O–H groups in total. The molecule has 1 aromatic rings. The minimum atomic E-state index is -0.221. The summed E-state index contributed by atoms with van der Waals surface area (Å²) in [6.45, 7) is 6.94. The van der Waals surface area contributed by atoms with Crippen LogP contribution in [-0.4, -0.2) is 41.8 Å². The van der Waals surface area contributed by atoms with Crippen LogP contribution in [0.2, 0.25) is 4.34 Å². The Bertz CT molecular complexity index is 504. The SMILES string of the molecule is CC(O)CCN1CC[C@]2(C[C@@H]1C)OCCc1cc(Cl)sc12. The van der Waals surface area contributed by atoms with E-state index in [2.05, 4.69) is 17.9 Å². The monoisotopic (exact) mass is 329 g/mol. The van der Waals surface area contributed by atoms with Crippen molar-refractivity contribution in [1.82, 2.24) is 4.90 Å². The van der Waals surface area contributed by atoms with Gasteiger partial charge in [-0.25, -0.2) is 0 Å². The van der Waals surface area contributed by atoms with E-state index in [0.717, 1.165) is 49.7 Å². The summed E-state index contributed by atoms with van der Waals surface area (Å²) < 4.78 is 7.15. The van der Waals surface area contributed by atoms with Crippen molar-refractivity contribution in [2.75, 3.05) is 19.7 Å². The van der Waals surface area contributed by atoms with Gasteiger partial charge in [-0.1, -0.05) is 11.6 Å². The first-order chi connectivity index (χ1) is 10.00. The fourth-order valence-electron chi connectivity index (χ4n) is 3.66. The zero-order valence-corrected chi connectivity index (χ0v) is 14.3. The Balaban J connectivity index is 1.74. The first-order valence-corrected chi connectivity index (χ1v) is 9.04. The van der Waals surface area contributed by atoms with Crippen LogP contribution >= 0.6 is 22.9 Å². The number of aliphatic hydroxyl groups is 1. The van der Waals surface area contributed by atoms with E-state index >= 15 is 0 Å². The van der Waals surface area contributed by atoms with E-state index < -0.39 is 0 Å². The first kappa shape index (κ1) is 15.8. The van der Waals surface area contributed by atoms with E-state index in [4.69, 9.17) is 16.3 Å². The van der Waals surface area contributed by atoms with E-state index in [-0.39, 0.29) is 11.7 Å². The van der Waals surface area contributed by atoms with Crippen molar-refractivity contribution in [3.63, 3.8) is 0 Å². The van der Waals surface area contributed by atoms with Crippen LogP contribution < -0.4 is 0 Å². The molecule has 0 amide bonds. The Hall–Kier alpha value is -0.130. The Morgan fingerprint density at radius 2 is 2.43 bits per heavy atom. The van der Waals surface area contributed by atoms with Gasteiger partial charge in [-0.2, -0.15) is 0 Å². The minimum Gasteiger partial charge on any atom is -0.393 e. The van der Waals surface area contributed by atoms with Gasteiger partial charge in [-0.15, -0.1) is 11.3 Å². The van der Waals surface area contributed by atoms with E-state index in [0.29, 0.717) is 6.04 Å². The summed E-state index contributed by atoms with van der Waals surface area (Å²) in [6, 6.07) is 2.60. The molecule has 1 saturated heterocycles. The summed E-state index contributed by atoms with van der Waals surface area (Å²) >= 11 is 7.93. The maximum Gasteiger partial charge on any atom is 0.105 e. The van der Waals surface area contributed by atoms with E-state index in [1.807, 2.05) is 6.92 Å². The number of rotatable bonds is 3. The number of fused-ring (bicyclic) bond motifs is 2. The van der Waals surface area contributed by atoms with Gasteiger partial charge in [0.2, 0.25) is 0 Å². The number of piperidine rings is 1. The number of hydrogen-bond donors (Lipinski definition) is 1. The highest BCUT2D eigenvalue weighted by atomic mass is 35.5. The van der Waals surface area contributed by atoms with E-state index in [1.54, 1.807) is 11.3 Å². The molecule has 0 radical (unpaired) electrons. The summed E-state index contributed by atoms with van der Waals surface area (Å²) in [4.78, 5) is 3.84. The van der Waals surface area contributed by atoms with Crippen molar-refractivity contribution in [2.24, 2.45) is 0 Å². The molecule has 3 atom stereocenters. The zero-order valence-electron chi connectivity index (χ0n) is 12.8. The van der Waals surface area contributed by atoms with Crippen molar-refractivity contribution in [3.05, 3.63) is 20.8 Å². The molecule has 2 aliphatic heterocycles. The predicted molar refractivity (Wildman–Crippen MR) is 87.2 cm³/mol. The van der Waals surface area contributed by atoms with Crippen LogP contribution in [0.25, 0.3) is 0 Å². The fraction of sp³-hybridized carbons (Fsp3) is 0.750. The highest BCUT2D eigenvalue weighted by Gasteiger charge is 2.44. The van der Waals surface area contributed by atoms with Gasteiger partial charge in [0, 0.05) is 24.0 Å². The average molecular weight is 330 g/mol. The van der Waals surface area contributed by atoms with Crippen LogP contribution in [0, 0.1) is 0 Å². The smallest absolute Gasteiger partial charge is 0.105 e. The average Bonchev–Trinajstić information content (AvgIpc) is 2.80.